The first-order chi connectivity index (χ1) is 20.2. The second-order valence-electron chi connectivity index (χ2n) is 8.92. The minimum absolute atomic E-state index is 0.0574. The second kappa shape index (κ2) is 14.7. The highest BCUT2D eigenvalue weighted by Crippen LogP contribution is 2.43. The number of benzene rings is 2. The van der Waals surface area contributed by atoms with Crippen molar-refractivity contribution in [3.05, 3.63) is 69.1 Å². The Bertz CT molecular complexity index is 1440. The lowest BCUT2D eigenvalue weighted by atomic mass is 9.87. The van der Waals surface area contributed by atoms with E-state index in [0.29, 0.717) is 29.4 Å². The fraction of sp³-hybridized carbons (Fsp3) is 0.367. The summed E-state index contributed by atoms with van der Waals surface area (Å²) in [4.78, 5) is 41.5. The van der Waals surface area contributed by atoms with Crippen molar-refractivity contribution in [2.24, 2.45) is 0 Å². The molecule has 12 heteroatoms. The van der Waals surface area contributed by atoms with Crippen molar-refractivity contribution in [1.29, 1.82) is 0 Å². The van der Waals surface area contributed by atoms with E-state index in [-0.39, 0.29) is 42.2 Å². The molecule has 0 unspecified atom stereocenters. The summed E-state index contributed by atoms with van der Waals surface area (Å²) in [6.07, 6.45) is 0.793. The number of carbonyl (C=O) groups excluding carboxylic acids is 2. The molecule has 42 heavy (non-hydrogen) atoms. The minimum atomic E-state index is -1.04. The number of esters is 1. The van der Waals surface area contributed by atoms with E-state index in [1.807, 2.05) is 6.92 Å². The summed E-state index contributed by atoms with van der Waals surface area (Å²) in [5, 5.41) is 14.0. The number of hydrogen-bond donors (Lipinski definition) is 3. The Labute approximate surface area is 243 Å². The normalized spacial score (nSPS) is 11.3. The third-order valence-corrected chi connectivity index (χ3v) is 6.44. The Balaban J connectivity index is 2.05. The number of methoxy groups -OCH3 is 4. The maximum atomic E-state index is 13.3. The van der Waals surface area contributed by atoms with Crippen LogP contribution in [-0.4, -0.2) is 63.6 Å². The number of nitrogens with one attached hydrogen (secondary N) is 2. The third-order valence-electron chi connectivity index (χ3n) is 6.44. The maximum absolute atomic E-state index is 13.3. The molecule has 3 aromatic rings. The van der Waals surface area contributed by atoms with Crippen molar-refractivity contribution >= 4 is 11.9 Å². The van der Waals surface area contributed by atoms with Gasteiger partial charge in [-0.2, -0.15) is 0 Å². The van der Waals surface area contributed by atoms with E-state index in [9.17, 15) is 19.5 Å². The van der Waals surface area contributed by atoms with Crippen LogP contribution in [0.1, 0.15) is 53.2 Å². The van der Waals surface area contributed by atoms with Crippen LogP contribution in [-0.2, 0) is 16.1 Å². The van der Waals surface area contributed by atoms with Crippen LogP contribution in [0.2, 0.25) is 0 Å². The van der Waals surface area contributed by atoms with Crippen LogP contribution < -0.4 is 34.6 Å². The first-order valence-corrected chi connectivity index (χ1v) is 13.2. The first kappa shape index (κ1) is 31.7. The smallest absolute Gasteiger partial charge is 0.343 e. The lowest BCUT2D eigenvalue weighted by molar-refractivity contribution is -0.121. The number of ether oxygens (including phenoxy) is 6. The molecular formula is C30H36N2O10. The quantitative estimate of drug-likeness (QED) is 0.240. The molecule has 12 nitrogen and oxygen atoms in total. The van der Waals surface area contributed by atoms with Gasteiger partial charge in [-0.05, 0) is 49.2 Å². The van der Waals surface area contributed by atoms with Gasteiger partial charge in [0, 0.05) is 25.1 Å². The summed E-state index contributed by atoms with van der Waals surface area (Å²) in [6, 6.07) is 8.44. The zero-order chi connectivity index (χ0) is 30.8. The van der Waals surface area contributed by atoms with Crippen LogP contribution in [0.3, 0.4) is 0 Å². The van der Waals surface area contributed by atoms with Gasteiger partial charge in [0.2, 0.25) is 11.7 Å². The highest BCUT2D eigenvalue weighted by atomic mass is 16.5. The first-order valence-electron chi connectivity index (χ1n) is 13.2. The van der Waals surface area contributed by atoms with Crippen LogP contribution >= 0.6 is 0 Å². The van der Waals surface area contributed by atoms with E-state index >= 15 is 0 Å². The minimum Gasteiger partial charge on any atom is -0.506 e. The molecule has 0 radical (unpaired) electrons. The molecular weight excluding hydrogens is 548 g/mol. The predicted octanol–water partition coefficient (Wildman–Crippen LogP) is 3.53. The van der Waals surface area contributed by atoms with Crippen LogP contribution in [0.15, 0.2) is 41.3 Å². The number of amides is 1. The van der Waals surface area contributed by atoms with Crippen molar-refractivity contribution in [2.75, 3.05) is 41.7 Å². The Morgan fingerprint density at radius 3 is 2.14 bits per heavy atom. The van der Waals surface area contributed by atoms with E-state index in [4.69, 9.17) is 28.4 Å². The van der Waals surface area contributed by atoms with Gasteiger partial charge in [-0.3, -0.25) is 9.59 Å². The van der Waals surface area contributed by atoms with Crippen molar-refractivity contribution in [1.82, 2.24) is 10.3 Å². The molecule has 0 bridgehead atoms. The van der Waals surface area contributed by atoms with Crippen molar-refractivity contribution in [3.8, 4) is 34.5 Å². The van der Waals surface area contributed by atoms with Crippen molar-refractivity contribution < 1.29 is 43.1 Å². The molecule has 1 atom stereocenters. The maximum Gasteiger partial charge on any atom is 0.343 e. The molecule has 1 aromatic heterocycles. The third kappa shape index (κ3) is 7.06. The molecule has 3 N–H and O–H groups in total. The van der Waals surface area contributed by atoms with Crippen LogP contribution in [0.5, 0.6) is 34.5 Å². The van der Waals surface area contributed by atoms with E-state index in [1.54, 1.807) is 37.3 Å². The Morgan fingerprint density at radius 1 is 0.905 bits per heavy atom. The number of pyridine rings is 1. The molecule has 0 spiro atoms. The number of aromatic hydroxyl groups is 1. The average molecular weight is 585 g/mol. The summed E-state index contributed by atoms with van der Waals surface area (Å²) >= 11 is 0. The highest BCUT2D eigenvalue weighted by molar-refractivity contribution is 5.92. The number of H-pyrrole nitrogens is 1. The molecule has 0 saturated carbocycles. The molecule has 0 aliphatic heterocycles. The number of hydrogen-bond acceptors (Lipinski definition) is 10. The van der Waals surface area contributed by atoms with Crippen LogP contribution in [0.25, 0.3) is 0 Å². The average Bonchev–Trinajstić information content (AvgIpc) is 2.99. The topological polar surface area (TPSA) is 155 Å². The second-order valence-corrected chi connectivity index (χ2v) is 8.92. The lowest BCUT2D eigenvalue weighted by Crippen LogP contribution is -2.28. The number of rotatable bonds is 14. The number of aromatic amines is 1. The van der Waals surface area contributed by atoms with Gasteiger partial charge in [0.15, 0.2) is 23.0 Å². The summed E-state index contributed by atoms with van der Waals surface area (Å²) in [5.74, 6) is -0.956. The Morgan fingerprint density at radius 2 is 1.57 bits per heavy atom. The molecule has 226 valence electrons. The van der Waals surface area contributed by atoms with Gasteiger partial charge in [-0.25, -0.2) is 4.79 Å². The van der Waals surface area contributed by atoms with E-state index in [1.165, 1.54) is 28.4 Å². The van der Waals surface area contributed by atoms with E-state index in [2.05, 4.69) is 10.3 Å². The summed E-state index contributed by atoms with van der Waals surface area (Å²) in [5.41, 5.74) is 0.00845. The fourth-order valence-electron chi connectivity index (χ4n) is 4.47. The van der Waals surface area contributed by atoms with Gasteiger partial charge in [-0.15, -0.1) is 0 Å². The molecule has 0 fully saturated rings. The SMILES string of the molecule is CCOC(=O)c1c[nH]c(=O)c([C@@H](CC(=O)NCc2ccc(OC)c(OCC)c2)c2cc(OC)c(OC)c(OC)c2)c1O. The molecule has 0 aliphatic carbocycles. The number of carbonyl (C=O) groups is 2. The molecule has 3 rings (SSSR count). The fourth-order valence-corrected chi connectivity index (χ4v) is 4.47. The van der Waals surface area contributed by atoms with Crippen LogP contribution in [0, 0.1) is 0 Å². The molecule has 0 saturated heterocycles. The van der Waals surface area contributed by atoms with Gasteiger partial charge >= 0.3 is 5.97 Å². The highest BCUT2D eigenvalue weighted by Gasteiger charge is 2.30. The zero-order valence-electron chi connectivity index (χ0n) is 24.5. The van der Waals surface area contributed by atoms with E-state index < -0.39 is 29.1 Å². The van der Waals surface area contributed by atoms with Gasteiger partial charge in [0.05, 0.1) is 47.2 Å². The standard InChI is InChI=1S/C30H36N2O10/c1-7-41-22-11-17(9-10-21(22)37-3)15-31-25(33)14-19(18-12-23(38-4)28(40-6)24(13-18)39-5)26-27(34)20(16-32-29(26)35)30(36)42-8-2/h9-13,16,19H,7-8,14-15H2,1-6H3,(H,31,33)(H2,32,34,35)/t19-/m0/s1. The van der Waals surface area contributed by atoms with E-state index in [0.717, 1.165) is 11.8 Å². The Kier molecular flexibility index (Phi) is 11.1. The van der Waals surface area contributed by atoms with Gasteiger partial charge < -0.3 is 43.8 Å². The van der Waals surface area contributed by atoms with Crippen LogP contribution in [0.4, 0.5) is 0 Å². The predicted molar refractivity (Wildman–Crippen MR) is 153 cm³/mol. The summed E-state index contributed by atoms with van der Waals surface area (Å²) in [7, 11) is 5.84. The van der Waals surface area contributed by atoms with Gasteiger partial charge in [-0.1, -0.05) is 6.07 Å². The molecule has 1 amide bonds. The Hall–Kier alpha value is -4.87. The van der Waals surface area contributed by atoms with Gasteiger partial charge in [0.1, 0.15) is 11.3 Å². The summed E-state index contributed by atoms with van der Waals surface area (Å²) in [6.45, 7) is 4.11. The molecule has 1 heterocycles. The number of aromatic nitrogens is 1. The lowest BCUT2D eigenvalue weighted by Gasteiger charge is -2.22. The molecule has 2 aromatic carbocycles. The van der Waals surface area contributed by atoms with Gasteiger partial charge in [0.25, 0.3) is 5.56 Å². The summed E-state index contributed by atoms with van der Waals surface area (Å²) < 4.78 is 32.3. The van der Waals surface area contributed by atoms with Crippen molar-refractivity contribution in [2.45, 2.75) is 32.7 Å². The zero-order valence-corrected chi connectivity index (χ0v) is 24.5. The molecule has 0 aliphatic rings. The monoisotopic (exact) mass is 584 g/mol. The van der Waals surface area contributed by atoms with Crippen molar-refractivity contribution in [3.63, 3.8) is 0 Å². The largest absolute Gasteiger partial charge is 0.506 e.